The first kappa shape index (κ1) is 37.9. The molecule has 3 aliphatic heterocycles. The van der Waals surface area contributed by atoms with E-state index < -0.39 is 0 Å². The van der Waals surface area contributed by atoms with Gasteiger partial charge < -0.3 is 39.5 Å². The monoisotopic (exact) mass is 801 g/mol. The molecular formula is C48H42CuN4O4-4. The maximum absolute atomic E-state index is 5.55. The minimum Gasteiger partial charge on any atom is -0.681 e. The summed E-state index contributed by atoms with van der Waals surface area (Å²) < 4.78 is 22.2. The molecule has 2 fully saturated rings. The summed E-state index contributed by atoms with van der Waals surface area (Å²) >= 11 is 0. The van der Waals surface area contributed by atoms with Gasteiger partial charge in [-0.1, -0.05) is 120 Å². The Morgan fingerprint density at radius 3 is 1.07 bits per heavy atom. The van der Waals surface area contributed by atoms with Gasteiger partial charge in [0.05, 0.1) is 28.4 Å². The molecule has 0 N–H and O–H groups in total. The molecule has 5 heterocycles. The van der Waals surface area contributed by atoms with E-state index in [9.17, 15) is 0 Å². The van der Waals surface area contributed by atoms with Crippen molar-refractivity contribution in [2.24, 2.45) is 0 Å². The van der Waals surface area contributed by atoms with E-state index in [0.29, 0.717) is 0 Å². The Bertz CT molecular complexity index is 2390. The number of aromatic nitrogens is 2. The molecule has 8 bridgehead atoms. The summed E-state index contributed by atoms with van der Waals surface area (Å²) in [6.07, 6.45) is 3.24. The summed E-state index contributed by atoms with van der Waals surface area (Å²) in [5.74, 6) is 3.21. The van der Waals surface area contributed by atoms with Crippen LogP contribution in [-0.2, 0) is 17.1 Å². The molecule has 8 nitrogen and oxygen atoms in total. The minimum atomic E-state index is -0.126. The van der Waals surface area contributed by atoms with Crippen LogP contribution in [-0.4, -0.2) is 40.5 Å². The molecule has 1 radical (unpaired) electrons. The number of fused-ring (bicyclic) bond motifs is 8. The van der Waals surface area contributed by atoms with Crippen molar-refractivity contribution in [3.8, 4) is 23.0 Å². The van der Waals surface area contributed by atoms with Gasteiger partial charge in [0, 0.05) is 17.1 Å². The second-order valence-electron chi connectivity index (χ2n) is 14.2. The molecule has 9 heteroatoms. The Morgan fingerprint density at radius 1 is 0.404 bits per heavy atom. The number of ether oxygens (including phenoxy) is 4. The van der Waals surface area contributed by atoms with E-state index in [1.165, 1.54) is 0 Å². The third-order valence-electron chi connectivity index (χ3n) is 11.1. The molecule has 2 atom stereocenters. The van der Waals surface area contributed by atoms with Crippen molar-refractivity contribution >= 4 is 22.3 Å². The summed E-state index contributed by atoms with van der Waals surface area (Å²) in [7, 11) is 6.76. The first-order chi connectivity index (χ1) is 27.5. The van der Waals surface area contributed by atoms with Gasteiger partial charge in [0.1, 0.15) is 23.0 Å². The van der Waals surface area contributed by atoms with Crippen molar-refractivity contribution < 1.29 is 36.0 Å². The number of hydrogen-bond donors (Lipinski definition) is 0. The molecule has 0 saturated carbocycles. The number of benzene rings is 4. The molecule has 4 aromatic carbocycles. The van der Waals surface area contributed by atoms with E-state index in [1.54, 1.807) is 28.4 Å². The maximum Gasteiger partial charge on any atom is 0.118 e. The number of hydrogen-bond acceptors (Lipinski definition) is 4. The molecule has 2 saturated heterocycles. The summed E-state index contributed by atoms with van der Waals surface area (Å²) in [6.45, 7) is 0. The average Bonchev–Trinajstić information content (AvgIpc) is 4.10. The Morgan fingerprint density at radius 2 is 0.737 bits per heavy atom. The molecule has 0 spiro atoms. The van der Waals surface area contributed by atoms with E-state index in [-0.39, 0.29) is 29.2 Å². The second kappa shape index (κ2) is 16.2. The van der Waals surface area contributed by atoms with Crippen LogP contribution >= 0.6 is 0 Å². The van der Waals surface area contributed by atoms with Crippen LogP contribution in [0.5, 0.6) is 23.0 Å². The fraction of sp³-hybridized carbons (Fsp3) is 0.208. The standard InChI is InChI=1S/C48H42N4O4.Cu/c1-53-33-13-5-29(6-14-33)45-37-21-23-39(49-37)46(30-7-15-34(54-2)16-8-30)41-25-27-43(51-41)48(32-11-19-36(56-4)20-12-32)44-28-26-42(52-44)47(40-24-22-38(45)50-40)31-9-17-35(55-3)18-10-31;/h5-21,23,26,28,38,41H,22,24-25,27H2,1-4H3;/q-4;/b45-37-,46-39+,47-40-,48-43-;. The van der Waals surface area contributed by atoms with Crippen LogP contribution < -0.4 is 39.6 Å². The van der Waals surface area contributed by atoms with Gasteiger partial charge in [-0.25, -0.2) is 0 Å². The average molecular weight is 802 g/mol. The predicted molar refractivity (Wildman–Crippen MR) is 221 cm³/mol. The first-order valence-electron chi connectivity index (χ1n) is 19.0. The fourth-order valence-electron chi connectivity index (χ4n) is 8.28. The molecule has 2 aromatic heterocycles. The first-order valence-corrected chi connectivity index (χ1v) is 19.0. The van der Waals surface area contributed by atoms with Crippen molar-refractivity contribution in [3.05, 3.63) is 188 Å². The van der Waals surface area contributed by atoms with E-state index in [1.807, 2.05) is 48.5 Å². The fourth-order valence-corrected chi connectivity index (χ4v) is 8.28. The maximum atomic E-state index is 5.55. The largest absolute Gasteiger partial charge is 0.681 e. The van der Waals surface area contributed by atoms with Crippen molar-refractivity contribution in [1.82, 2.24) is 9.97 Å². The van der Waals surface area contributed by atoms with E-state index in [4.69, 9.17) is 39.5 Å². The van der Waals surface area contributed by atoms with Gasteiger partial charge in [0.15, 0.2) is 0 Å². The van der Waals surface area contributed by atoms with Crippen molar-refractivity contribution in [3.63, 3.8) is 0 Å². The van der Waals surface area contributed by atoms with Crippen molar-refractivity contribution in [1.29, 1.82) is 0 Å². The van der Waals surface area contributed by atoms with Crippen LogP contribution in [0, 0.1) is 0 Å². The molecular weight excluding hydrogens is 760 g/mol. The molecule has 0 aliphatic carbocycles. The number of rotatable bonds is 8. The predicted octanol–water partition coefficient (Wildman–Crippen LogP) is 8.34. The van der Waals surface area contributed by atoms with Gasteiger partial charge in [-0.15, -0.1) is 22.1 Å². The second-order valence-corrected chi connectivity index (χ2v) is 14.2. The van der Waals surface area contributed by atoms with Gasteiger partial charge in [0.25, 0.3) is 0 Å². The normalized spacial score (nSPS) is 21.9. The van der Waals surface area contributed by atoms with Crippen LogP contribution in [0.3, 0.4) is 0 Å². The van der Waals surface area contributed by atoms with E-state index >= 15 is 0 Å². The van der Waals surface area contributed by atoms with Gasteiger partial charge >= 0.3 is 0 Å². The van der Waals surface area contributed by atoms with Crippen LogP contribution in [0.4, 0.5) is 0 Å². The quantitative estimate of drug-likeness (QED) is 0.144. The van der Waals surface area contributed by atoms with Crippen molar-refractivity contribution in [2.75, 3.05) is 28.4 Å². The Hall–Kier alpha value is -6.02. The van der Waals surface area contributed by atoms with Crippen LogP contribution in [0.2, 0.25) is 0 Å². The van der Waals surface area contributed by atoms with Gasteiger partial charge in [0.2, 0.25) is 0 Å². The molecule has 57 heavy (non-hydrogen) atoms. The molecule has 6 aromatic rings. The molecule has 3 aliphatic rings. The molecule has 2 unspecified atom stereocenters. The Labute approximate surface area is 343 Å². The zero-order valence-corrected chi connectivity index (χ0v) is 33.2. The zero-order valence-electron chi connectivity index (χ0n) is 32.3. The Kier molecular flexibility index (Phi) is 10.8. The smallest absolute Gasteiger partial charge is 0.118 e. The van der Waals surface area contributed by atoms with Gasteiger partial charge in [-0.3, -0.25) is 0 Å². The summed E-state index contributed by atoms with van der Waals surface area (Å²) in [5, 5.41) is 12.9. The third kappa shape index (κ3) is 7.25. The molecule has 9 rings (SSSR count). The third-order valence-corrected chi connectivity index (χ3v) is 11.1. The number of nitrogens with zero attached hydrogens (tertiary/aromatic N) is 4. The number of methoxy groups -OCH3 is 4. The molecule has 0 amide bonds. The van der Waals surface area contributed by atoms with E-state index in [0.717, 1.165) is 127 Å². The van der Waals surface area contributed by atoms with Gasteiger partial charge in [-0.05, 0) is 83.6 Å². The number of allylic oxidation sites excluding steroid dienone is 2. The Balaban J connectivity index is 0.00000455. The SMILES string of the molecule is COc1ccc(/C2=C3\CCC([N-]3)/C(c3ccc(OC)cc3)=c3/cc/c([n-]3)=C(/c3ccc(OC)cc3)C3CC/C(=C(\c4ccc(OC)cc4)c4ccc2[n-]4)[N-]3)cc1.[Cu]. The topological polar surface area (TPSA) is 93.3 Å². The van der Waals surface area contributed by atoms with Crippen LogP contribution in [0.25, 0.3) is 32.9 Å². The van der Waals surface area contributed by atoms with E-state index in [2.05, 4.69) is 72.8 Å². The summed E-state index contributed by atoms with van der Waals surface area (Å²) in [5.41, 5.74) is 12.2. The summed E-state index contributed by atoms with van der Waals surface area (Å²) in [6, 6.07) is 41.2. The minimum absolute atomic E-state index is 0. The molecule has 293 valence electrons. The summed E-state index contributed by atoms with van der Waals surface area (Å²) in [4.78, 5) is 10.9. The van der Waals surface area contributed by atoms with Crippen LogP contribution in [0.1, 0.15) is 59.3 Å². The van der Waals surface area contributed by atoms with Crippen LogP contribution in [0.15, 0.2) is 133 Å². The van der Waals surface area contributed by atoms with Gasteiger partial charge in [-0.2, -0.15) is 11.4 Å². The van der Waals surface area contributed by atoms with Crippen molar-refractivity contribution in [2.45, 2.75) is 37.8 Å². The zero-order chi connectivity index (χ0) is 38.2.